The molecule has 0 saturated heterocycles. The van der Waals surface area contributed by atoms with Gasteiger partial charge in [0.15, 0.2) is 0 Å². The quantitative estimate of drug-likeness (QED) is 0.695. The van der Waals surface area contributed by atoms with Crippen molar-refractivity contribution >= 4 is 11.8 Å². The fourth-order valence-electron chi connectivity index (χ4n) is 3.36. The summed E-state index contributed by atoms with van der Waals surface area (Å²) in [6, 6.07) is 15.2. The van der Waals surface area contributed by atoms with E-state index < -0.39 is 17.4 Å². The summed E-state index contributed by atoms with van der Waals surface area (Å²) in [7, 11) is 1.55. The molecule has 0 radical (unpaired) electrons. The molecule has 2 aromatic carbocycles. The number of methoxy groups -OCH3 is 1. The van der Waals surface area contributed by atoms with Crippen LogP contribution in [0.15, 0.2) is 48.5 Å². The number of rotatable bonds is 5. The molecule has 1 aliphatic rings. The van der Waals surface area contributed by atoms with Crippen LogP contribution >= 0.6 is 0 Å². The SMILES string of the molecule is COc1ccccc1CNC(=O)C(=O)NC[C@@]1(O)CCc2ccccc2C1. The summed E-state index contributed by atoms with van der Waals surface area (Å²) in [4.78, 5) is 24.1. The molecule has 0 aromatic heterocycles. The van der Waals surface area contributed by atoms with E-state index in [2.05, 4.69) is 16.7 Å². The molecule has 2 amide bonds. The molecule has 0 spiro atoms. The zero-order chi connectivity index (χ0) is 19.3. The Kier molecular flexibility index (Phi) is 5.76. The Balaban J connectivity index is 1.51. The van der Waals surface area contributed by atoms with Gasteiger partial charge in [-0.1, -0.05) is 42.5 Å². The van der Waals surface area contributed by atoms with Gasteiger partial charge in [0.25, 0.3) is 0 Å². The van der Waals surface area contributed by atoms with Gasteiger partial charge in [-0.25, -0.2) is 0 Å². The maximum atomic E-state index is 12.1. The van der Waals surface area contributed by atoms with E-state index >= 15 is 0 Å². The van der Waals surface area contributed by atoms with Crippen molar-refractivity contribution in [2.45, 2.75) is 31.4 Å². The number of hydrogen-bond donors (Lipinski definition) is 3. The van der Waals surface area contributed by atoms with E-state index in [0.29, 0.717) is 18.6 Å². The fourth-order valence-corrected chi connectivity index (χ4v) is 3.36. The second-order valence-corrected chi connectivity index (χ2v) is 6.85. The normalized spacial score (nSPS) is 18.3. The van der Waals surface area contributed by atoms with E-state index in [1.807, 2.05) is 36.4 Å². The van der Waals surface area contributed by atoms with Crippen LogP contribution in [-0.4, -0.2) is 36.2 Å². The highest BCUT2D eigenvalue weighted by Crippen LogP contribution is 2.28. The highest BCUT2D eigenvalue weighted by atomic mass is 16.5. The van der Waals surface area contributed by atoms with Crippen LogP contribution < -0.4 is 15.4 Å². The van der Waals surface area contributed by atoms with Crippen molar-refractivity contribution < 1.29 is 19.4 Å². The number of para-hydroxylation sites is 1. The molecule has 27 heavy (non-hydrogen) atoms. The van der Waals surface area contributed by atoms with Gasteiger partial charge >= 0.3 is 11.8 Å². The molecule has 6 heteroatoms. The summed E-state index contributed by atoms with van der Waals surface area (Å²) in [6.07, 6.45) is 1.77. The molecule has 1 atom stereocenters. The van der Waals surface area contributed by atoms with Crippen molar-refractivity contribution in [1.82, 2.24) is 10.6 Å². The van der Waals surface area contributed by atoms with Gasteiger partial charge in [-0.05, 0) is 30.0 Å². The van der Waals surface area contributed by atoms with E-state index in [1.165, 1.54) is 5.56 Å². The number of aryl methyl sites for hydroxylation is 1. The van der Waals surface area contributed by atoms with Crippen molar-refractivity contribution in [2.24, 2.45) is 0 Å². The zero-order valence-electron chi connectivity index (χ0n) is 15.3. The van der Waals surface area contributed by atoms with Crippen molar-refractivity contribution in [3.05, 3.63) is 65.2 Å². The van der Waals surface area contributed by atoms with Crippen LogP contribution in [0.25, 0.3) is 0 Å². The third-order valence-corrected chi connectivity index (χ3v) is 4.91. The molecule has 2 aromatic rings. The molecule has 0 fully saturated rings. The van der Waals surface area contributed by atoms with Gasteiger partial charge in [-0.2, -0.15) is 0 Å². The number of nitrogens with one attached hydrogen (secondary N) is 2. The molecule has 0 bridgehead atoms. The standard InChI is InChI=1S/C21H24N2O4/c1-27-18-9-5-4-8-17(18)13-22-19(24)20(25)23-14-21(26)11-10-15-6-2-3-7-16(15)12-21/h2-9,26H,10-14H2,1H3,(H,22,24)(H,23,25)/t21-/m1/s1. The Labute approximate surface area is 158 Å². The molecule has 142 valence electrons. The lowest BCUT2D eigenvalue weighted by atomic mass is 9.80. The second kappa shape index (κ2) is 8.22. The first-order valence-electron chi connectivity index (χ1n) is 8.98. The number of aliphatic hydroxyl groups is 1. The second-order valence-electron chi connectivity index (χ2n) is 6.85. The zero-order valence-corrected chi connectivity index (χ0v) is 15.3. The molecule has 0 heterocycles. The molecule has 3 rings (SSSR count). The fraction of sp³-hybridized carbons (Fsp3) is 0.333. The predicted molar refractivity (Wildman–Crippen MR) is 101 cm³/mol. The van der Waals surface area contributed by atoms with Crippen LogP contribution in [0, 0.1) is 0 Å². The Morgan fingerprint density at radius 2 is 1.70 bits per heavy atom. The molecular formula is C21H24N2O4. The number of carbonyl (C=O) groups excluding carboxylic acids is 2. The van der Waals surface area contributed by atoms with Crippen LogP contribution in [0.1, 0.15) is 23.1 Å². The van der Waals surface area contributed by atoms with Crippen LogP contribution in [0.4, 0.5) is 0 Å². The molecule has 6 nitrogen and oxygen atoms in total. The Bertz CT molecular complexity index is 836. The van der Waals surface area contributed by atoms with E-state index in [0.717, 1.165) is 17.5 Å². The molecular weight excluding hydrogens is 344 g/mol. The predicted octanol–water partition coefficient (Wildman–Crippen LogP) is 1.35. The minimum Gasteiger partial charge on any atom is -0.496 e. The first kappa shape index (κ1) is 18.9. The highest BCUT2D eigenvalue weighted by molar-refractivity contribution is 6.35. The summed E-state index contributed by atoms with van der Waals surface area (Å²) in [5.74, 6) is -0.841. The molecule has 1 aliphatic carbocycles. The maximum Gasteiger partial charge on any atom is 0.309 e. The average molecular weight is 368 g/mol. The minimum absolute atomic E-state index is 0.0439. The third kappa shape index (κ3) is 4.65. The van der Waals surface area contributed by atoms with E-state index in [1.54, 1.807) is 13.2 Å². The monoisotopic (exact) mass is 368 g/mol. The highest BCUT2D eigenvalue weighted by Gasteiger charge is 2.32. The summed E-state index contributed by atoms with van der Waals surface area (Å²) in [6.45, 7) is 0.232. The number of fused-ring (bicyclic) bond motifs is 1. The van der Waals surface area contributed by atoms with Gasteiger partial charge in [-0.15, -0.1) is 0 Å². The number of carbonyl (C=O) groups is 2. The van der Waals surface area contributed by atoms with Crippen LogP contribution in [-0.2, 0) is 29.0 Å². The minimum atomic E-state index is -1.03. The third-order valence-electron chi connectivity index (χ3n) is 4.91. The number of amides is 2. The number of hydrogen-bond acceptors (Lipinski definition) is 4. The van der Waals surface area contributed by atoms with E-state index in [4.69, 9.17) is 4.74 Å². The van der Waals surface area contributed by atoms with Crippen molar-refractivity contribution in [3.8, 4) is 5.75 Å². The van der Waals surface area contributed by atoms with Gasteiger partial charge in [0, 0.05) is 25.1 Å². The average Bonchev–Trinajstić information content (AvgIpc) is 2.70. The first-order chi connectivity index (χ1) is 13.0. The topological polar surface area (TPSA) is 87.7 Å². The van der Waals surface area contributed by atoms with Crippen LogP contribution in [0.3, 0.4) is 0 Å². The van der Waals surface area contributed by atoms with Crippen molar-refractivity contribution in [1.29, 1.82) is 0 Å². The summed E-state index contributed by atoms with van der Waals surface area (Å²) in [5, 5.41) is 15.9. The largest absolute Gasteiger partial charge is 0.496 e. The first-order valence-corrected chi connectivity index (χ1v) is 8.98. The Hall–Kier alpha value is -2.86. The van der Waals surface area contributed by atoms with Gasteiger partial charge in [0.05, 0.1) is 12.7 Å². The Morgan fingerprint density at radius 3 is 2.48 bits per heavy atom. The van der Waals surface area contributed by atoms with Crippen LogP contribution in [0.5, 0.6) is 5.75 Å². The molecule has 0 saturated carbocycles. The lowest BCUT2D eigenvalue weighted by molar-refractivity contribution is -0.140. The number of ether oxygens (including phenoxy) is 1. The Morgan fingerprint density at radius 1 is 1.04 bits per heavy atom. The van der Waals surface area contributed by atoms with Gasteiger partial charge in [-0.3, -0.25) is 9.59 Å². The van der Waals surface area contributed by atoms with Crippen LogP contribution in [0.2, 0.25) is 0 Å². The lowest BCUT2D eigenvalue weighted by Crippen LogP contribution is -2.50. The van der Waals surface area contributed by atoms with Crippen molar-refractivity contribution in [3.63, 3.8) is 0 Å². The van der Waals surface area contributed by atoms with Gasteiger partial charge in [0.1, 0.15) is 5.75 Å². The van der Waals surface area contributed by atoms with Crippen molar-refractivity contribution in [2.75, 3.05) is 13.7 Å². The van der Waals surface area contributed by atoms with E-state index in [-0.39, 0.29) is 13.1 Å². The van der Waals surface area contributed by atoms with Gasteiger partial charge < -0.3 is 20.5 Å². The van der Waals surface area contributed by atoms with E-state index in [9.17, 15) is 14.7 Å². The summed E-state index contributed by atoms with van der Waals surface area (Å²) >= 11 is 0. The molecule has 3 N–H and O–H groups in total. The summed E-state index contributed by atoms with van der Waals surface area (Å²) < 4.78 is 5.22. The summed E-state index contributed by atoms with van der Waals surface area (Å²) in [5.41, 5.74) is 2.06. The molecule has 0 aliphatic heterocycles. The maximum absolute atomic E-state index is 12.1. The molecule has 0 unspecified atom stereocenters. The number of benzene rings is 2. The lowest BCUT2D eigenvalue weighted by Gasteiger charge is -2.33. The van der Waals surface area contributed by atoms with Gasteiger partial charge in [0.2, 0.25) is 0 Å². The smallest absolute Gasteiger partial charge is 0.309 e.